The molecule has 0 aromatic carbocycles. The second kappa shape index (κ2) is 13.8. The fraction of sp³-hybridized carbons (Fsp3) is 0.625. The summed E-state index contributed by atoms with van der Waals surface area (Å²) in [5.41, 5.74) is 0.378. The van der Waals surface area contributed by atoms with Crippen LogP contribution in [0.4, 0.5) is 0 Å². The second-order valence-corrected chi connectivity index (χ2v) is 5.22. The van der Waals surface area contributed by atoms with Crippen molar-refractivity contribution in [2.24, 2.45) is 5.92 Å². The van der Waals surface area contributed by atoms with Crippen LogP contribution in [-0.4, -0.2) is 22.2 Å². The van der Waals surface area contributed by atoms with Gasteiger partial charge in [0.1, 0.15) is 7.77 Å². The van der Waals surface area contributed by atoms with E-state index in [-0.39, 0.29) is 6.10 Å². The molecular weight excluding hydrogens is 251 g/mol. The minimum Gasteiger partial charge on any atom is -0.308 e. The molecule has 0 aliphatic carbocycles. The molecule has 0 spiro atoms. The molecule has 0 aromatic rings. The zero-order valence-electron chi connectivity index (χ0n) is 14.4. The lowest BCUT2D eigenvalue weighted by molar-refractivity contribution is 0.212. The SMILES string of the molecule is [2H]B([3H])CSO[C@H](/C=C\C=C\C#CC)[C@@H](C)CCCCC. The Hall–Kier alpha value is -0.585. The third-order valence-electron chi connectivity index (χ3n) is 2.81. The predicted octanol–water partition coefficient (Wildman–Crippen LogP) is 3.96. The van der Waals surface area contributed by atoms with Gasteiger partial charge in [0, 0.05) is 0 Å². The van der Waals surface area contributed by atoms with E-state index in [9.17, 15) is 0 Å². The molecule has 0 radical (unpaired) electrons. The molecule has 106 valence electrons. The van der Waals surface area contributed by atoms with E-state index in [1.54, 1.807) is 0 Å². The summed E-state index contributed by atoms with van der Waals surface area (Å²) in [5.74, 6) is 6.12. The lowest BCUT2D eigenvalue weighted by atomic mass is 9.97. The van der Waals surface area contributed by atoms with Crippen molar-refractivity contribution in [3.05, 3.63) is 24.3 Å². The first-order valence-electron chi connectivity index (χ1n) is 8.15. The van der Waals surface area contributed by atoms with Crippen LogP contribution in [0.3, 0.4) is 0 Å². The summed E-state index contributed by atoms with van der Waals surface area (Å²) >= 11 is 1.23. The van der Waals surface area contributed by atoms with E-state index in [0.29, 0.717) is 11.6 Å². The lowest BCUT2D eigenvalue weighted by Crippen LogP contribution is -2.17. The molecule has 2 atom stereocenters. The highest BCUT2D eigenvalue weighted by Crippen LogP contribution is 2.21. The molecule has 3 heteroatoms. The molecular formula is C16H27BOS. The van der Waals surface area contributed by atoms with Gasteiger partial charge in [0.05, 0.1) is 6.10 Å². The molecule has 0 heterocycles. The third-order valence-corrected chi connectivity index (χ3v) is 3.30. The summed E-state index contributed by atoms with van der Waals surface area (Å²) in [6, 6.07) is 0. The fourth-order valence-electron chi connectivity index (χ4n) is 1.68. The first-order chi connectivity index (χ1) is 10.1. The Labute approximate surface area is 127 Å². The summed E-state index contributed by atoms with van der Waals surface area (Å²) in [7, 11) is -0.838. The van der Waals surface area contributed by atoms with Gasteiger partial charge >= 0.3 is 0 Å². The molecule has 0 rings (SSSR count). The van der Waals surface area contributed by atoms with Crippen molar-refractivity contribution < 1.29 is 4.18 Å². The van der Waals surface area contributed by atoms with Gasteiger partial charge in [-0.3, -0.25) is 0 Å². The normalized spacial score (nSPS) is 15.7. The van der Waals surface area contributed by atoms with E-state index in [4.69, 9.17) is 6.85 Å². The molecule has 0 aliphatic heterocycles. The first-order valence-corrected chi connectivity index (χ1v) is 7.91. The maximum atomic E-state index is 7.20. The molecule has 0 saturated carbocycles. The van der Waals surface area contributed by atoms with E-state index < -0.39 is 7.77 Å². The summed E-state index contributed by atoms with van der Waals surface area (Å²) in [4.78, 5) is 0. The fourth-order valence-corrected chi connectivity index (χ4v) is 2.17. The van der Waals surface area contributed by atoms with Crippen LogP contribution in [0.25, 0.3) is 0 Å². The lowest BCUT2D eigenvalue weighted by Gasteiger charge is -2.20. The topological polar surface area (TPSA) is 9.23 Å². The Balaban J connectivity index is 4.39. The molecule has 0 aliphatic rings. The highest BCUT2D eigenvalue weighted by atomic mass is 32.2. The van der Waals surface area contributed by atoms with Gasteiger partial charge in [0.25, 0.3) is 0 Å². The van der Waals surface area contributed by atoms with Crippen LogP contribution in [0.1, 0.15) is 46.5 Å². The van der Waals surface area contributed by atoms with Gasteiger partial charge in [-0.1, -0.05) is 57.3 Å². The Kier molecular flexibility index (Phi) is 10.8. The van der Waals surface area contributed by atoms with Crippen molar-refractivity contribution in [3.63, 3.8) is 0 Å². The molecule has 0 fully saturated rings. The van der Waals surface area contributed by atoms with Gasteiger partial charge in [-0.25, -0.2) is 0 Å². The van der Waals surface area contributed by atoms with Crippen molar-refractivity contribution in [3.8, 4) is 11.8 Å². The predicted molar refractivity (Wildman–Crippen MR) is 90.9 cm³/mol. The smallest absolute Gasteiger partial charge is 0.117 e. The number of unbranched alkanes of at least 4 members (excludes halogenated alkanes) is 2. The van der Waals surface area contributed by atoms with Crippen molar-refractivity contribution in [2.45, 2.75) is 52.6 Å². The Morgan fingerprint density at radius 3 is 3.05 bits per heavy atom. The van der Waals surface area contributed by atoms with Gasteiger partial charge in [0.2, 0.25) is 0 Å². The number of allylic oxidation sites excluding steroid dienone is 3. The van der Waals surface area contributed by atoms with E-state index in [0.717, 1.165) is 6.42 Å². The van der Waals surface area contributed by atoms with Crippen molar-refractivity contribution in [2.75, 3.05) is 5.65 Å². The van der Waals surface area contributed by atoms with Gasteiger partial charge in [-0.2, -0.15) is 0 Å². The van der Waals surface area contributed by atoms with Crippen LogP contribution < -0.4 is 0 Å². The molecule has 0 amide bonds. The average Bonchev–Trinajstić information content (AvgIpc) is 2.45. The molecule has 0 bridgehead atoms. The highest BCUT2D eigenvalue weighted by Gasteiger charge is 2.14. The minimum absolute atomic E-state index is 0.0184. The average molecular weight is 281 g/mol. The Morgan fingerprint density at radius 2 is 2.37 bits per heavy atom. The summed E-state index contributed by atoms with van der Waals surface area (Å²) in [5, 5.41) is 0. The van der Waals surface area contributed by atoms with E-state index >= 15 is 0 Å². The quantitative estimate of drug-likeness (QED) is 0.186. The van der Waals surface area contributed by atoms with Gasteiger partial charge in [0.15, 0.2) is 0 Å². The van der Waals surface area contributed by atoms with Crippen molar-refractivity contribution in [1.82, 2.24) is 0 Å². The summed E-state index contributed by atoms with van der Waals surface area (Å²) in [6.45, 7) is 6.21. The second-order valence-electron chi connectivity index (χ2n) is 4.46. The summed E-state index contributed by atoms with van der Waals surface area (Å²) in [6.07, 6.45) is 12.6. The standard InChI is InChI=1S/C16H27BOS/c1-4-6-8-9-11-13-16(18-19-14-17)15(3)12-10-7-5-2/h8-9,11,13,15-16H,5,7,10,12,14,17H2,1-3H3/b9-8+,13-11-/t15-,16+/m0/s1/i17TD. The molecule has 0 saturated heterocycles. The molecule has 19 heavy (non-hydrogen) atoms. The monoisotopic (exact) mass is 281 g/mol. The molecule has 0 unspecified atom stereocenters. The summed E-state index contributed by atoms with van der Waals surface area (Å²) < 4.78 is 20.2. The van der Waals surface area contributed by atoms with Crippen LogP contribution >= 0.6 is 12.0 Å². The highest BCUT2D eigenvalue weighted by molar-refractivity contribution is 7.95. The van der Waals surface area contributed by atoms with Crippen LogP contribution in [0.15, 0.2) is 24.3 Å². The van der Waals surface area contributed by atoms with Crippen LogP contribution in [0.5, 0.6) is 0 Å². The molecule has 1 nitrogen and oxygen atoms in total. The largest absolute Gasteiger partial charge is 0.308 e. The number of hydrogen-bond donors (Lipinski definition) is 0. The zero-order chi connectivity index (χ0) is 15.9. The first kappa shape index (κ1) is 14.8. The van der Waals surface area contributed by atoms with Crippen molar-refractivity contribution >= 4 is 19.8 Å². The maximum Gasteiger partial charge on any atom is 0.117 e. The van der Waals surface area contributed by atoms with Crippen LogP contribution in [-0.2, 0) is 4.18 Å². The van der Waals surface area contributed by atoms with Gasteiger partial charge < -0.3 is 4.18 Å². The molecule has 0 aromatic heterocycles. The number of hydrogen-bond acceptors (Lipinski definition) is 2. The number of rotatable bonds is 11. The molecule has 0 N–H and O–H groups in total. The Morgan fingerprint density at radius 1 is 1.53 bits per heavy atom. The maximum absolute atomic E-state index is 7.20. The van der Waals surface area contributed by atoms with Crippen LogP contribution in [0, 0.1) is 17.8 Å². The van der Waals surface area contributed by atoms with E-state index in [1.807, 2.05) is 31.2 Å². The van der Waals surface area contributed by atoms with Gasteiger partial charge in [-0.05, 0) is 45.7 Å². The van der Waals surface area contributed by atoms with Gasteiger partial charge in [-0.15, -0.1) is 5.92 Å². The third kappa shape index (κ3) is 11.0. The van der Waals surface area contributed by atoms with Crippen LogP contribution in [0.2, 0.25) is 0 Å². The van der Waals surface area contributed by atoms with Crippen molar-refractivity contribution in [1.29, 1.82) is 2.67 Å². The zero-order valence-corrected chi connectivity index (χ0v) is 13.2. The van der Waals surface area contributed by atoms with E-state index in [1.165, 1.54) is 31.3 Å². The Bertz CT molecular complexity index is 361. The van der Waals surface area contributed by atoms with E-state index in [2.05, 4.69) is 25.7 Å². The minimum atomic E-state index is -0.838.